The maximum Gasteiger partial charge on any atom is 0.307 e. The van der Waals surface area contributed by atoms with Gasteiger partial charge in [-0.3, -0.25) is 14.2 Å². The monoisotopic (exact) mass is 235 g/mol. The van der Waals surface area contributed by atoms with Crippen molar-refractivity contribution in [3.63, 3.8) is 0 Å². The molecule has 1 heterocycles. The molecule has 0 unspecified atom stereocenters. The van der Waals surface area contributed by atoms with E-state index < -0.39 is 11.8 Å². The van der Waals surface area contributed by atoms with Gasteiger partial charge in [0.1, 0.15) is 5.82 Å². The van der Waals surface area contributed by atoms with Gasteiger partial charge in [-0.1, -0.05) is 6.07 Å². The molecule has 0 fully saturated rings. The Morgan fingerprint density at radius 1 is 1.41 bits per heavy atom. The summed E-state index contributed by atoms with van der Waals surface area (Å²) in [5.41, 5.74) is 0.703. The van der Waals surface area contributed by atoms with Crippen LogP contribution >= 0.6 is 0 Å². The van der Waals surface area contributed by atoms with Crippen LogP contribution in [0, 0.1) is 5.82 Å². The lowest BCUT2D eigenvalue weighted by Crippen LogP contribution is -2.03. The molecule has 0 saturated heterocycles. The van der Waals surface area contributed by atoms with Crippen LogP contribution in [-0.2, 0) is 11.2 Å². The van der Waals surface area contributed by atoms with E-state index in [0.29, 0.717) is 11.1 Å². The van der Waals surface area contributed by atoms with Crippen LogP contribution in [0.25, 0.3) is 10.9 Å². The van der Waals surface area contributed by atoms with Crippen LogP contribution in [0.4, 0.5) is 4.39 Å². The lowest BCUT2D eigenvalue weighted by Gasteiger charge is -1.98. The predicted octanol–water partition coefficient (Wildman–Crippen LogP) is 2.07. The smallest absolute Gasteiger partial charge is 0.307 e. The summed E-state index contributed by atoms with van der Waals surface area (Å²) in [6.45, 7) is 1.34. The number of hydrogen-bond donors (Lipinski definition) is 1. The van der Waals surface area contributed by atoms with Crippen molar-refractivity contribution in [3.05, 3.63) is 35.8 Å². The fraction of sp³-hybridized carbons (Fsp3) is 0.167. The second-order valence-corrected chi connectivity index (χ2v) is 3.75. The average molecular weight is 235 g/mol. The molecule has 0 saturated carbocycles. The zero-order valence-electron chi connectivity index (χ0n) is 9.11. The molecule has 2 aromatic rings. The van der Waals surface area contributed by atoms with Gasteiger partial charge in [0.05, 0.1) is 11.9 Å². The molecule has 88 valence electrons. The summed E-state index contributed by atoms with van der Waals surface area (Å²) in [6, 6.07) is 4.32. The van der Waals surface area contributed by atoms with Gasteiger partial charge in [-0.25, -0.2) is 4.39 Å². The van der Waals surface area contributed by atoms with Gasteiger partial charge in [0.15, 0.2) is 0 Å². The van der Waals surface area contributed by atoms with Gasteiger partial charge in [-0.2, -0.15) is 0 Å². The molecule has 0 atom stereocenters. The number of hydrogen-bond acceptors (Lipinski definition) is 2. The molecule has 1 aromatic heterocycles. The lowest BCUT2D eigenvalue weighted by molar-refractivity contribution is -0.136. The topological polar surface area (TPSA) is 59.3 Å². The van der Waals surface area contributed by atoms with Gasteiger partial charge < -0.3 is 5.11 Å². The van der Waals surface area contributed by atoms with E-state index in [-0.39, 0.29) is 17.7 Å². The summed E-state index contributed by atoms with van der Waals surface area (Å²) < 4.78 is 14.9. The molecule has 0 bridgehead atoms. The van der Waals surface area contributed by atoms with Gasteiger partial charge in [-0.05, 0) is 17.7 Å². The zero-order valence-corrected chi connectivity index (χ0v) is 9.11. The lowest BCUT2D eigenvalue weighted by atomic mass is 10.1. The van der Waals surface area contributed by atoms with Crippen LogP contribution in [-0.4, -0.2) is 21.6 Å². The molecule has 0 radical (unpaired) electrons. The first-order chi connectivity index (χ1) is 8.00. The minimum atomic E-state index is -1.06. The van der Waals surface area contributed by atoms with E-state index in [1.54, 1.807) is 6.07 Å². The highest BCUT2D eigenvalue weighted by Gasteiger charge is 2.16. The Morgan fingerprint density at radius 2 is 2.12 bits per heavy atom. The van der Waals surface area contributed by atoms with Crippen molar-refractivity contribution >= 4 is 22.8 Å². The number of nitrogens with zero attached hydrogens (tertiary/aromatic N) is 1. The van der Waals surface area contributed by atoms with Crippen LogP contribution in [0.3, 0.4) is 0 Å². The van der Waals surface area contributed by atoms with Crippen molar-refractivity contribution in [2.24, 2.45) is 0 Å². The molecular weight excluding hydrogens is 225 g/mol. The van der Waals surface area contributed by atoms with E-state index in [2.05, 4.69) is 0 Å². The molecule has 4 nitrogen and oxygen atoms in total. The molecule has 0 aliphatic rings. The molecular formula is C12H10FNO3. The van der Waals surface area contributed by atoms with Crippen LogP contribution in [0.2, 0.25) is 0 Å². The standard InChI is InChI=1S/C12H10FNO3/c1-7(15)14-6-8(5-11(16)17)12-9(13)3-2-4-10(12)14/h2-4,6H,5H2,1H3,(H,16,17). The fourth-order valence-corrected chi connectivity index (χ4v) is 1.88. The van der Waals surface area contributed by atoms with Crippen LogP contribution in [0.1, 0.15) is 17.3 Å². The maximum absolute atomic E-state index is 13.7. The first kappa shape index (κ1) is 11.3. The number of rotatable bonds is 2. The molecule has 0 aliphatic carbocycles. The van der Waals surface area contributed by atoms with E-state index in [4.69, 9.17) is 5.11 Å². The van der Waals surface area contributed by atoms with Crippen molar-refractivity contribution < 1.29 is 19.1 Å². The molecule has 0 aliphatic heterocycles. The summed E-state index contributed by atoms with van der Waals surface area (Å²) in [6.07, 6.45) is 1.07. The summed E-state index contributed by atoms with van der Waals surface area (Å²) in [5, 5.41) is 8.95. The van der Waals surface area contributed by atoms with Gasteiger partial charge in [-0.15, -0.1) is 0 Å². The van der Waals surface area contributed by atoms with Crippen LogP contribution < -0.4 is 0 Å². The van der Waals surface area contributed by atoms with Crippen molar-refractivity contribution in [2.75, 3.05) is 0 Å². The van der Waals surface area contributed by atoms with E-state index in [9.17, 15) is 14.0 Å². The van der Waals surface area contributed by atoms with E-state index in [0.717, 1.165) is 0 Å². The third-order valence-corrected chi connectivity index (χ3v) is 2.54. The van der Waals surface area contributed by atoms with Crippen molar-refractivity contribution in [1.82, 2.24) is 4.57 Å². The van der Waals surface area contributed by atoms with Crippen LogP contribution in [0.5, 0.6) is 0 Å². The zero-order chi connectivity index (χ0) is 12.6. The number of carboxylic acids is 1. The van der Waals surface area contributed by atoms with Crippen molar-refractivity contribution in [1.29, 1.82) is 0 Å². The highest BCUT2D eigenvalue weighted by atomic mass is 19.1. The quantitative estimate of drug-likeness (QED) is 0.866. The van der Waals surface area contributed by atoms with Crippen molar-refractivity contribution in [3.8, 4) is 0 Å². The first-order valence-corrected chi connectivity index (χ1v) is 5.02. The second-order valence-electron chi connectivity index (χ2n) is 3.75. The summed E-state index contributed by atoms with van der Waals surface area (Å²) in [5.74, 6) is -1.85. The molecule has 1 aromatic carbocycles. The van der Waals surface area contributed by atoms with Crippen LogP contribution in [0.15, 0.2) is 24.4 Å². The van der Waals surface area contributed by atoms with E-state index >= 15 is 0 Å². The number of aliphatic carboxylic acids is 1. The second kappa shape index (κ2) is 4.01. The molecule has 0 amide bonds. The summed E-state index contributed by atoms with van der Waals surface area (Å²) >= 11 is 0. The van der Waals surface area contributed by atoms with Gasteiger partial charge in [0.2, 0.25) is 5.91 Å². The molecule has 0 spiro atoms. The molecule has 5 heteroatoms. The number of carbonyl (C=O) groups excluding carboxylic acids is 1. The highest BCUT2D eigenvalue weighted by molar-refractivity contribution is 5.95. The number of carbonyl (C=O) groups is 2. The number of halogens is 1. The third-order valence-electron chi connectivity index (χ3n) is 2.54. The number of aromatic nitrogens is 1. The highest BCUT2D eigenvalue weighted by Crippen LogP contribution is 2.24. The van der Waals surface area contributed by atoms with E-state index in [1.165, 1.54) is 29.8 Å². The number of fused-ring (bicyclic) bond motifs is 1. The number of benzene rings is 1. The molecule has 1 N–H and O–H groups in total. The van der Waals surface area contributed by atoms with E-state index in [1.807, 2.05) is 0 Å². The largest absolute Gasteiger partial charge is 0.481 e. The van der Waals surface area contributed by atoms with Gasteiger partial charge in [0, 0.05) is 18.5 Å². The number of carboxylic acid groups (broad SMARTS) is 1. The Hall–Kier alpha value is -2.17. The normalized spacial score (nSPS) is 10.7. The summed E-state index contributed by atoms with van der Waals surface area (Å²) in [7, 11) is 0. The van der Waals surface area contributed by atoms with Gasteiger partial charge in [0.25, 0.3) is 0 Å². The Morgan fingerprint density at radius 3 is 2.71 bits per heavy atom. The minimum Gasteiger partial charge on any atom is -0.481 e. The SMILES string of the molecule is CC(=O)n1cc(CC(=O)O)c2c(F)cccc21. The minimum absolute atomic E-state index is 0.199. The third kappa shape index (κ3) is 1.91. The Labute approximate surface area is 96.3 Å². The molecule has 17 heavy (non-hydrogen) atoms. The Bertz CT molecular complexity index is 615. The average Bonchev–Trinajstić information content (AvgIpc) is 2.57. The maximum atomic E-state index is 13.7. The first-order valence-electron chi connectivity index (χ1n) is 5.02. The predicted molar refractivity (Wildman–Crippen MR) is 59.5 cm³/mol. The molecule has 2 rings (SSSR count). The Balaban J connectivity index is 2.75. The fourth-order valence-electron chi connectivity index (χ4n) is 1.88. The van der Waals surface area contributed by atoms with Crippen molar-refractivity contribution in [2.45, 2.75) is 13.3 Å². The van der Waals surface area contributed by atoms with Gasteiger partial charge >= 0.3 is 5.97 Å². The summed E-state index contributed by atoms with van der Waals surface area (Å²) in [4.78, 5) is 22.0. The Kier molecular flexibility index (Phi) is 2.67.